The predicted molar refractivity (Wildman–Crippen MR) is 89.1 cm³/mol. The number of hydrogen-bond donors (Lipinski definition) is 2. The molecule has 0 saturated heterocycles. The second-order valence-corrected chi connectivity index (χ2v) is 5.32. The van der Waals surface area contributed by atoms with E-state index in [1.54, 1.807) is 0 Å². The Morgan fingerprint density at radius 3 is 2.38 bits per heavy atom. The molecular weight excluding hydrogens is 264 g/mol. The number of hydrogen-bond acceptors (Lipinski definition) is 5. The lowest BCUT2D eigenvalue weighted by Gasteiger charge is -2.25. The minimum Gasteiger partial charge on any atom is -0.395 e. The van der Waals surface area contributed by atoms with Gasteiger partial charge in [-0.05, 0) is 26.2 Å². The van der Waals surface area contributed by atoms with Crippen LogP contribution in [0, 0.1) is 6.92 Å². The van der Waals surface area contributed by atoms with Crippen LogP contribution in [0.3, 0.4) is 0 Å². The predicted octanol–water partition coefficient (Wildman–Crippen LogP) is 2.77. The van der Waals surface area contributed by atoms with Crippen LogP contribution in [0.4, 0.5) is 11.6 Å². The van der Waals surface area contributed by atoms with Gasteiger partial charge in [-0.15, -0.1) is 0 Å². The first kappa shape index (κ1) is 17.7. The summed E-state index contributed by atoms with van der Waals surface area (Å²) in [7, 11) is 0. The molecule has 0 radical (unpaired) electrons. The normalized spacial score (nSPS) is 10.7. The third kappa shape index (κ3) is 5.16. The number of aliphatic hydroxyl groups is 1. The largest absolute Gasteiger partial charge is 0.395 e. The highest BCUT2D eigenvalue weighted by molar-refractivity contribution is 5.58. The van der Waals surface area contributed by atoms with Crippen LogP contribution >= 0.6 is 0 Å². The first-order valence-corrected chi connectivity index (χ1v) is 8.15. The summed E-state index contributed by atoms with van der Waals surface area (Å²) < 4.78 is 0. The number of aliphatic hydroxyl groups excluding tert-OH is 1. The van der Waals surface area contributed by atoms with E-state index in [1.807, 2.05) is 0 Å². The van der Waals surface area contributed by atoms with Crippen molar-refractivity contribution in [3.63, 3.8) is 0 Å². The van der Waals surface area contributed by atoms with Gasteiger partial charge < -0.3 is 15.3 Å². The molecule has 120 valence electrons. The summed E-state index contributed by atoms with van der Waals surface area (Å²) in [5.41, 5.74) is 1.07. The van der Waals surface area contributed by atoms with Gasteiger partial charge in [0, 0.05) is 31.6 Å². The Morgan fingerprint density at radius 2 is 1.81 bits per heavy atom. The summed E-state index contributed by atoms with van der Waals surface area (Å²) in [5, 5.41) is 12.7. The van der Waals surface area contributed by atoms with Gasteiger partial charge in [0.25, 0.3) is 0 Å². The molecule has 0 unspecified atom stereocenters. The van der Waals surface area contributed by atoms with E-state index in [0.717, 1.165) is 61.8 Å². The van der Waals surface area contributed by atoms with Gasteiger partial charge in [0.1, 0.15) is 17.5 Å². The smallest absolute Gasteiger partial charge is 0.137 e. The van der Waals surface area contributed by atoms with Crippen molar-refractivity contribution >= 4 is 11.6 Å². The fourth-order valence-corrected chi connectivity index (χ4v) is 2.32. The topological polar surface area (TPSA) is 61.3 Å². The maximum absolute atomic E-state index is 9.30. The van der Waals surface area contributed by atoms with E-state index in [2.05, 4.69) is 42.9 Å². The lowest BCUT2D eigenvalue weighted by atomic mass is 10.2. The van der Waals surface area contributed by atoms with Crippen molar-refractivity contribution < 1.29 is 5.11 Å². The van der Waals surface area contributed by atoms with Crippen molar-refractivity contribution in [2.45, 2.75) is 53.4 Å². The molecule has 0 saturated carbocycles. The van der Waals surface area contributed by atoms with Gasteiger partial charge in [-0.2, -0.15) is 0 Å². The Balaban J connectivity index is 3.15. The molecule has 0 aliphatic heterocycles. The zero-order valence-corrected chi connectivity index (χ0v) is 13.9. The molecule has 0 aliphatic rings. The van der Waals surface area contributed by atoms with E-state index in [-0.39, 0.29) is 6.61 Å². The molecule has 0 aliphatic carbocycles. The molecule has 0 atom stereocenters. The fourth-order valence-electron chi connectivity index (χ4n) is 2.32. The number of anilines is 2. The molecule has 0 amide bonds. The van der Waals surface area contributed by atoms with E-state index in [0.29, 0.717) is 6.54 Å². The lowest BCUT2D eigenvalue weighted by molar-refractivity contribution is 0.301. The summed E-state index contributed by atoms with van der Waals surface area (Å²) in [4.78, 5) is 11.5. The molecule has 21 heavy (non-hydrogen) atoms. The summed E-state index contributed by atoms with van der Waals surface area (Å²) in [6, 6.07) is 0. The van der Waals surface area contributed by atoms with Crippen LogP contribution in [0.1, 0.15) is 51.4 Å². The van der Waals surface area contributed by atoms with Crippen LogP contribution in [0.15, 0.2) is 0 Å². The van der Waals surface area contributed by atoms with Gasteiger partial charge in [0.05, 0.1) is 6.61 Å². The molecule has 1 aromatic heterocycles. The van der Waals surface area contributed by atoms with Crippen LogP contribution in [-0.4, -0.2) is 41.3 Å². The minimum absolute atomic E-state index is 0.143. The molecule has 1 heterocycles. The summed E-state index contributed by atoms with van der Waals surface area (Å²) >= 11 is 0. The number of rotatable bonds is 10. The highest BCUT2D eigenvalue weighted by Crippen LogP contribution is 2.24. The molecule has 5 heteroatoms. The first-order chi connectivity index (χ1) is 10.2. The van der Waals surface area contributed by atoms with Crippen molar-refractivity contribution in [1.29, 1.82) is 0 Å². The van der Waals surface area contributed by atoms with Crippen molar-refractivity contribution in [2.75, 3.05) is 36.5 Å². The van der Waals surface area contributed by atoms with E-state index in [1.165, 1.54) is 0 Å². The maximum atomic E-state index is 9.30. The number of nitrogens with zero attached hydrogens (tertiary/aromatic N) is 3. The summed E-state index contributed by atoms with van der Waals surface area (Å²) in [6.45, 7) is 11.1. The molecular formula is C16H30N4O. The molecule has 1 rings (SSSR count). The molecule has 0 fully saturated rings. The van der Waals surface area contributed by atoms with Crippen LogP contribution in [-0.2, 0) is 6.42 Å². The lowest BCUT2D eigenvalue weighted by Crippen LogP contribution is -2.30. The minimum atomic E-state index is 0.143. The average Bonchev–Trinajstić information content (AvgIpc) is 2.47. The third-order valence-electron chi connectivity index (χ3n) is 3.35. The van der Waals surface area contributed by atoms with E-state index < -0.39 is 0 Å². The number of nitrogens with one attached hydrogen (secondary N) is 1. The molecule has 5 nitrogen and oxygen atoms in total. The molecule has 1 aromatic rings. The Hall–Kier alpha value is -1.36. The maximum Gasteiger partial charge on any atom is 0.137 e. The Morgan fingerprint density at radius 1 is 1.05 bits per heavy atom. The number of aryl methyl sites for hydroxylation is 1. The van der Waals surface area contributed by atoms with Crippen LogP contribution in [0.2, 0.25) is 0 Å². The van der Waals surface area contributed by atoms with Crippen molar-refractivity contribution in [1.82, 2.24) is 9.97 Å². The van der Waals surface area contributed by atoms with E-state index in [9.17, 15) is 5.11 Å². The molecule has 2 N–H and O–H groups in total. The molecule has 0 bridgehead atoms. The van der Waals surface area contributed by atoms with Crippen LogP contribution in [0.25, 0.3) is 0 Å². The molecule has 0 spiro atoms. The zero-order valence-electron chi connectivity index (χ0n) is 13.9. The quantitative estimate of drug-likeness (QED) is 0.695. The summed E-state index contributed by atoms with van der Waals surface area (Å²) in [6.07, 6.45) is 4.01. The van der Waals surface area contributed by atoms with Gasteiger partial charge in [0.15, 0.2) is 0 Å². The highest BCUT2D eigenvalue weighted by atomic mass is 16.3. The second kappa shape index (κ2) is 9.55. The second-order valence-electron chi connectivity index (χ2n) is 5.32. The van der Waals surface area contributed by atoms with Gasteiger partial charge in [-0.1, -0.05) is 20.8 Å². The number of aromatic nitrogens is 2. The summed E-state index contributed by atoms with van der Waals surface area (Å²) in [5.74, 6) is 2.78. The first-order valence-electron chi connectivity index (χ1n) is 8.15. The van der Waals surface area contributed by atoms with Crippen molar-refractivity contribution in [3.8, 4) is 0 Å². The van der Waals surface area contributed by atoms with Crippen molar-refractivity contribution in [3.05, 3.63) is 11.4 Å². The van der Waals surface area contributed by atoms with Gasteiger partial charge in [-0.25, -0.2) is 9.97 Å². The Bertz CT molecular complexity index is 417. The van der Waals surface area contributed by atoms with Crippen LogP contribution in [0.5, 0.6) is 0 Å². The van der Waals surface area contributed by atoms with E-state index in [4.69, 9.17) is 4.98 Å². The zero-order chi connectivity index (χ0) is 15.7. The Kier molecular flexibility index (Phi) is 8.05. The Labute approximate surface area is 128 Å². The highest BCUT2D eigenvalue weighted by Gasteiger charge is 2.15. The average molecular weight is 294 g/mol. The van der Waals surface area contributed by atoms with Crippen LogP contribution < -0.4 is 10.2 Å². The van der Waals surface area contributed by atoms with Crippen molar-refractivity contribution in [2.24, 2.45) is 0 Å². The van der Waals surface area contributed by atoms with Gasteiger partial charge in [-0.3, -0.25) is 0 Å². The van der Waals surface area contributed by atoms with Gasteiger partial charge >= 0.3 is 0 Å². The fraction of sp³-hybridized carbons (Fsp3) is 0.750. The van der Waals surface area contributed by atoms with E-state index >= 15 is 0 Å². The standard InChI is InChI=1S/C16H30N4O/c1-5-8-14-18-15(17-9-6-2)13(4)16(19-14)20(10-7-3)11-12-21/h21H,5-12H2,1-4H3,(H,17,18,19). The van der Waals surface area contributed by atoms with Gasteiger partial charge in [0.2, 0.25) is 0 Å². The molecule has 0 aromatic carbocycles. The monoisotopic (exact) mass is 294 g/mol. The SMILES string of the molecule is CCCNc1nc(CCC)nc(N(CCC)CCO)c1C. The third-order valence-corrected chi connectivity index (χ3v) is 3.35.